The standard InChI is InChI=1S/C12H16N4O2S/c13-8-11-2-1-5-15-12(11)16-6-3-10(4-7-16)9-19(14,17)18/h1-2,5,10H,3-4,6-7,9H2,(H2,14,17,18). The second-order valence-corrected chi connectivity index (χ2v) is 6.41. The zero-order valence-corrected chi connectivity index (χ0v) is 11.3. The molecule has 0 bridgehead atoms. The number of pyridine rings is 1. The van der Waals surface area contributed by atoms with Gasteiger partial charge >= 0.3 is 0 Å². The molecule has 1 aliphatic heterocycles. The molecule has 0 radical (unpaired) electrons. The summed E-state index contributed by atoms with van der Waals surface area (Å²) in [6.07, 6.45) is 3.16. The maximum Gasteiger partial charge on any atom is 0.209 e. The van der Waals surface area contributed by atoms with Crippen LogP contribution in [0.15, 0.2) is 18.3 Å². The maximum absolute atomic E-state index is 11.1. The zero-order valence-electron chi connectivity index (χ0n) is 10.5. The van der Waals surface area contributed by atoms with Crippen molar-refractivity contribution in [2.75, 3.05) is 23.7 Å². The first-order valence-electron chi connectivity index (χ1n) is 6.10. The highest BCUT2D eigenvalue weighted by atomic mass is 32.2. The Balaban J connectivity index is 2.02. The molecule has 0 amide bonds. The van der Waals surface area contributed by atoms with E-state index in [1.165, 1.54) is 0 Å². The summed E-state index contributed by atoms with van der Waals surface area (Å²) in [5.41, 5.74) is 0.549. The lowest BCUT2D eigenvalue weighted by Gasteiger charge is -2.32. The molecule has 0 unspecified atom stereocenters. The van der Waals surface area contributed by atoms with Crippen LogP contribution < -0.4 is 10.0 Å². The first-order chi connectivity index (χ1) is 8.99. The van der Waals surface area contributed by atoms with Crippen molar-refractivity contribution in [3.63, 3.8) is 0 Å². The summed E-state index contributed by atoms with van der Waals surface area (Å²) < 4.78 is 22.1. The predicted molar refractivity (Wildman–Crippen MR) is 71.9 cm³/mol. The molecule has 2 rings (SSSR count). The van der Waals surface area contributed by atoms with Gasteiger partial charge in [0.2, 0.25) is 10.0 Å². The Morgan fingerprint density at radius 1 is 1.47 bits per heavy atom. The van der Waals surface area contributed by atoms with E-state index >= 15 is 0 Å². The summed E-state index contributed by atoms with van der Waals surface area (Å²) in [5, 5.41) is 14.1. The molecule has 19 heavy (non-hydrogen) atoms. The molecule has 0 spiro atoms. The molecule has 7 heteroatoms. The van der Waals surface area contributed by atoms with Gasteiger partial charge in [0, 0.05) is 19.3 Å². The van der Waals surface area contributed by atoms with Crippen LogP contribution >= 0.6 is 0 Å². The van der Waals surface area contributed by atoms with E-state index in [4.69, 9.17) is 10.4 Å². The smallest absolute Gasteiger partial charge is 0.209 e. The van der Waals surface area contributed by atoms with Gasteiger partial charge in [-0.15, -0.1) is 0 Å². The topological polar surface area (TPSA) is 100 Å². The van der Waals surface area contributed by atoms with E-state index in [0.29, 0.717) is 24.5 Å². The van der Waals surface area contributed by atoms with Crippen molar-refractivity contribution in [3.8, 4) is 6.07 Å². The highest BCUT2D eigenvalue weighted by molar-refractivity contribution is 7.89. The number of primary sulfonamides is 1. The van der Waals surface area contributed by atoms with Crippen LogP contribution in [-0.4, -0.2) is 32.2 Å². The quantitative estimate of drug-likeness (QED) is 0.866. The van der Waals surface area contributed by atoms with Crippen LogP contribution in [-0.2, 0) is 10.0 Å². The summed E-state index contributed by atoms with van der Waals surface area (Å²) in [5.74, 6) is 0.813. The van der Waals surface area contributed by atoms with Crippen molar-refractivity contribution in [3.05, 3.63) is 23.9 Å². The van der Waals surface area contributed by atoms with Crippen molar-refractivity contribution in [1.82, 2.24) is 4.98 Å². The average Bonchev–Trinajstić information content (AvgIpc) is 2.38. The van der Waals surface area contributed by atoms with Gasteiger partial charge in [0.05, 0.1) is 11.3 Å². The third-order valence-electron chi connectivity index (χ3n) is 3.29. The van der Waals surface area contributed by atoms with Gasteiger partial charge in [0.15, 0.2) is 0 Å². The number of nitrogens with zero attached hydrogens (tertiary/aromatic N) is 3. The van der Waals surface area contributed by atoms with Crippen molar-refractivity contribution >= 4 is 15.8 Å². The Bertz CT molecular complexity index is 586. The van der Waals surface area contributed by atoms with Gasteiger partial charge in [-0.25, -0.2) is 18.5 Å². The normalized spacial score (nSPS) is 17.2. The summed E-state index contributed by atoms with van der Waals surface area (Å²) in [6, 6.07) is 5.59. The van der Waals surface area contributed by atoms with E-state index in [0.717, 1.165) is 12.8 Å². The van der Waals surface area contributed by atoms with E-state index in [2.05, 4.69) is 11.1 Å². The maximum atomic E-state index is 11.1. The average molecular weight is 280 g/mol. The first-order valence-corrected chi connectivity index (χ1v) is 7.81. The summed E-state index contributed by atoms with van der Waals surface area (Å²) in [6.45, 7) is 1.40. The van der Waals surface area contributed by atoms with Crippen LogP contribution in [0.25, 0.3) is 0 Å². The molecule has 0 aliphatic carbocycles. The van der Waals surface area contributed by atoms with Gasteiger partial charge in [-0.1, -0.05) is 0 Å². The predicted octanol–water partition coefficient (Wildman–Crippen LogP) is 0.458. The monoisotopic (exact) mass is 280 g/mol. The number of nitriles is 1. The minimum Gasteiger partial charge on any atom is -0.356 e. The van der Waals surface area contributed by atoms with Crippen LogP contribution in [0.2, 0.25) is 0 Å². The van der Waals surface area contributed by atoms with Crippen molar-refractivity contribution in [2.24, 2.45) is 11.1 Å². The molecule has 0 aromatic carbocycles. The Kier molecular flexibility index (Phi) is 4.02. The number of aromatic nitrogens is 1. The highest BCUT2D eigenvalue weighted by Crippen LogP contribution is 2.24. The molecular formula is C12H16N4O2S. The Labute approximate surface area is 112 Å². The Morgan fingerprint density at radius 3 is 2.74 bits per heavy atom. The second-order valence-electron chi connectivity index (χ2n) is 4.75. The first kappa shape index (κ1) is 13.8. The van der Waals surface area contributed by atoms with Crippen molar-refractivity contribution in [2.45, 2.75) is 12.8 Å². The fraction of sp³-hybridized carbons (Fsp3) is 0.500. The largest absolute Gasteiger partial charge is 0.356 e. The molecule has 1 aliphatic rings. The van der Waals surface area contributed by atoms with Crippen LogP contribution in [0.4, 0.5) is 5.82 Å². The number of anilines is 1. The van der Waals surface area contributed by atoms with Crippen molar-refractivity contribution in [1.29, 1.82) is 5.26 Å². The molecule has 102 valence electrons. The van der Waals surface area contributed by atoms with Gasteiger partial charge in [0.1, 0.15) is 11.9 Å². The molecule has 1 fully saturated rings. The highest BCUT2D eigenvalue weighted by Gasteiger charge is 2.24. The lowest BCUT2D eigenvalue weighted by Crippen LogP contribution is -2.37. The number of sulfonamides is 1. The zero-order chi connectivity index (χ0) is 13.9. The van der Waals surface area contributed by atoms with Gasteiger partial charge in [-0.2, -0.15) is 5.26 Å². The molecule has 2 heterocycles. The van der Waals surface area contributed by atoms with E-state index in [1.807, 2.05) is 4.90 Å². The van der Waals surface area contributed by atoms with E-state index < -0.39 is 10.0 Å². The van der Waals surface area contributed by atoms with Gasteiger partial charge in [0.25, 0.3) is 0 Å². The molecular weight excluding hydrogens is 264 g/mol. The van der Waals surface area contributed by atoms with Crippen LogP contribution in [0.5, 0.6) is 0 Å². The third kappa shape index (κ3) is 3.66. The van der Waals surface area contributed by atoms with E-state index in [1.54, 1.807) is 18.3 Å². The minimum atomic E-state index is -3.41. The summed E-state index contributed by atoms with van der Waals surface area (Å²) in [7, 11) is -3.41. The number of hydrogen-bond acceptors (Lipinski definition) is 5. The Morgan fingerprint density at radius 2 is 2.16 bits per heavy atom. The van der Waals surface area contributed by atoms with Crippen LogP contribution in [0.3, 0.4) is 0 Å². The van der Waals surface area contributed by atoms with Crippen LogP contribution in [0, 0.1) is 17.2 Å². The van der Waals surface area contributed by atoms with E-state index in [9.17, 15) is 8.42 Å². The molecule has 0 saturated carbocycles. The lowest BCUT2D eigenvalue weighted by molar-refractivity contribution is 0.434. The van der Waals surface area contributed by atoms with E-state index in [-0.39, 0.29) is 11.7 Å². The molecule has 1 aromatic rings. The number of hydrogen-bond donors (Lipinski definition) is 1. The molecule has 6 nitrogen and oxygen atoms in total. The molecule has 0 atom stereocenters. The minimum absolute atomic E-state index is 0.0359. The van der Waals surface area contributed by atoms with Gasteiger partial charge in [-0.3, -0.25) is 0 Å². The number of nitrogens with two attached hydrogens (primary N) is 1. The van der Waals surface area contributed by atoms with Crippen LogP contribution in [0.1, 0.15) is 18.4 Å². The fourth-order valence-electron chi connectivity index (χ4n) is 2.38. The number of piperidine rings is 1. The molecule has 1 aromatic heterocycles. The summed E-state index contributed by atoms with van der Waals surface area (Å²) in [4.78, 5) is 6.26. The second kappa shape index (κ2) is 5.55. The SMILES string of the molecule is N#Cc1cccnc1N1CCC(CS(N)(=O)=O)CC1. The lowest BCUT2D eigenvalue weighted by atomic mass is 9.98. The fourth-order valence-corrected chi connectivity index (χ4v) is 3.37. The summed E-state index contributed by atoms with van der Waals surface area (Å²) >= 11 is 0. The number of rotatable bonds is 3. The Hall–Kier alpha value is -1.65. The van der Waals surface area contributed by atoms with Gasteiger partial charge in [-0.05, 0) is 30.9 Å². The molecule has 2 N–H and O–H groups in total. The van der Waals surface area contributed by atoms with Gasteiger partial charge < -0.3 is 4.90 Å². The molecule has 1 saturated heterocycles. The third-order valence-corrected chi connectivity index (χ3v) is 4.23. The van der Waals surface area contributed by atoms with Crippen molar-refractivity contribution < 1.29 is 8.42 Å².